The number of halogens is 2. The number of aromatic nitrogens is 3. The van der Waals surface area contributed by atoms with E-state index in [4.69, 9.17) is 16.3 Å². The van der Waals surface area contributed by atoms with E-state index in [0.717, 1.165) is 0 Å². The van der Waals surface area contributed by atoms with E-state index in [1.54, 1.807) is 4.90 Å². The van der Waals surface area contributed by atoms with Crippen LogP contribution in [-0.4, -0.2) is 70.9 Å². The van der Waals surface area contributed by atoms with Gasteiger partial charge in [-0.3, -0.25) is 0 Å². The maximum atomic E-state index is 15.0. The molecule has 9 nitrogen and oxygen atoms in total. The first kappa shape index (κ1) is 23.9. The van der Waals surface area contributed by atoms with Crippen LogP contribution in [0.2, 0.25) is 5.15 Å². The van der Waals surface area contributed by atoms with E-state index < -0.39 is 38.0 Å². The minimum atomic E-state index is -3.82. The van der Waals surface area contributed by atoms with Crippen molar-refractivity contribution in [3.8, 4) is 0 Å². The predicted octanol–water partition coefficient (Wildman–Crippen LogP) is 3.37. The van der Waals surface area contributed by atoms with Crippen LogP contribution in [0.4, 0.5) is 15.0 Å². The summed E-state index contributed by atoms with van der Waals surface area (Å²) in [5, 5.41) is -0.442. The third kappa shape index (κ3) is 4.21. The van der Waals surface area contributed by atoms with Gasteiger partial charge in [0.25, 0.3) is 0 Å². The van der Waals surface area contributed by atoms with Gasteiger partial charge in [-0.1, -0.05) is 18.5 Å². The zero-order valence-electron chi connectivity index (χ0n) is 19.3. The highest BCUT2D eigenvalue weighted by molar-refractivity contribution is 7.91. The molecule has 33 heavy (non-hydrogen) atoms. The Morgan fingerprint density at radius 1 is 1.24 bits per heavy atom. The third-order valence-electron chi connectivity index (χ3n) is 6.02. The number of hydrogen-bond acceptors (Lipinski definition) is 8. The quantitative estimate of drug-likeness (QED) is 0.457. The van der Waals surface area contributed by atoms with Gasteiger partial charge in [-0.2, -0.15) is 0 Å². The summed E-state index contributed by atoms with van der Waals surface area (Å²) in [4.78, 5) is 29.0. The molecule has 0 radical (unpaired) electrons. The topological polar surface area (TPSA) is 106 Å². The molecule has 2 aliphatic heterocycles. The number of ether oxygens (including phenoxy) is 1. The summed E-state index contributed by atoms with van der Waals surface area (Å²) >= 11 is 6.04. The fourth-order valence-corrected chi connectivity index (χ4v) is 5.24. The lowest BCUT2D eigenvalue weighted by Gasteiger charge is -2.49. The average molecular weight is 500 g/mol. The van der Waals surface area contributed by atoms with Crippen molar-refractivity contribution in [2.24, 2.45) is 0 Å². The Kier molecular flexibility index (Phi) is 5.72. The minimum Gasteiger partial charge on any atom is -0.444 e. The van der Waals surface area contributed by atoms with Crippen LogP contribution in [0.25, 0.3) is 10.9 Å². The summed E-state index contributed by atoms with van der Waals surface area (Å²) in [5.74, 6) is -0.800. The number of aryl methyl sites for hydroxylation is 1. The van der Waals surface area contributed by atoms with Crippen molar-refractivity contribution in [3.63, 3.8) is 0 Å². The third-order valence-corrected chi connectivity index (χ3v) is 7.77. The van der Waals surface area contributed by atoms with Gasteiger partial charge in [-0.05, 0) is 40.5 Å². The highest BCUT2D eigenvalue weighted by Crippen LogP contribution is 2.41. The van der Waals surface area contributed by atoms with Crippen LogP contribution in [0.15, 0.2) is 5.16 Å². The molecular weight excluding hydrogens is 473 g/mol. The molecule has 4 rings (SSSR count). The minimum absolute atomic E-state index is 0.152. The standard InChI is InChI=1S/C21H27ClFN5O4S/c1-6-33(30,31)18-25-15-13-12(24-16(22)14(15)23)7-8-21(5)11-27(19(29)32-20(2,3)4)9-10-28(21)17(13)26-18/h6-11H2,1-5H3. The Balaban J connectivity index is 1.86. The molecule has 0 aromatic carbocycles. The summed E-state index contributed by atoms with van der Waals surface area (Å²) in [7, 11) is -3.82. The summed E-state index contributed by atoms with van der Waals surface area (Å²) in [5.41, 5.74) is -0.894. The average Bonchev–Trinajstić information content (AvgIpc) is 2.84. The zero-order valence-corrected chi connectivity index (χ0v) is 20.8. The Morgan fingerprint density at radius 3 is 2.58 bits per heavy atom. The molecule has 0 N–H and O–H groups in total. The monoisotopic (exact) mass is 499 g/mol. The SMILES string of the molecule is CCS(=O)(=O)c1nc2c3c(nc(Cl)c(F)c3n1)CCC1(C)CN(C(=O)OC(C)(C)C)CCN21. The Labute approximate surface area is 197 Å². The second-order valence-corrected chi connectivity index (χ2v) is 12.2. The number of fused-ring (bicyclic) bond motifs is 2. The molecule has 1 unspecified atom stereocenters. The van der Waals surface area contributed by atoms with Gasteiger partial charge in [0, 0.05) is 19.6 Å². The molecule has 0 aliphatic carbocycles. The normalized spacial score (nSPS) is 21.1. The number of pyridine rings is 1. The van der Waals surface area contributed by atoms with Crippen molar-refractivity contribution >= 4 is 44.3 Å². The smallest absolute Gasteiger partial charge is 0.410 e. The lowest BCUT2D eigenvalue weighted by molar-refractivity contribution is 0.0165. The maximum Gasteiger partial charge on any atom is 0.410 e. The molecule has 1 saturated heterocycles. The first-order valence-corrected chi connectivity index (χ1v) is 12.8. The first-order valence-electron chi connectivity index (χ1n) is 10.8. The van der Waals surface area contributed by atoms with Crippen molar-refractivity contribution in [2.45, 2.75) is 63.8 Å². The highest BCUT2D eigenvalue weighted by atomic mass is 35.5. The number of carbonyl (C=O) groups is 1. The molecule has 1 atom stereocenters. The predicted molar refractivity (Wildman–Crippen MR) is 122 cm³/mol. The molecule has 1 amide bonds. The number of carbonyl (C=O) groups excluding carboxylic acids is 1. The number of hydrogen-bond donors (Lipinski definition) is 0. The van der Waals surface area contributed by atoms with E-state index in [1.165, 1.54) is 6.92 Å². The molecule has 180 valence electrons. The maximum absolute atomic E-state index is 15.0. The van der Waals surface area contributed by atoms with Crippen LogP contribution >= 0.6 is 11.6 Å². The zero-order chi connectivity index (χ0) is 24.3. The van der Waals surface area contributed by atoms with E-state index in [0.29, 0.717) is 49.4 Å². The molecular formula is C21H27ClFN5O4S. The second kappa shape index (κ2) is 7.90. The van der Waals surface area contributed by atoms with Crippen molar-refractivity contribution < 1.29 is 22.3 Å². The fourth-order valence-electron chi connectivity index (χ4n) is 4.33. The van der Waals surface area contributed by atoms with E-state index in [1.807, 2.05) is 32.6 Å². The molecule has 2 aliphatic rings. The number of anilines is 1. The lowest BCUT2D eigenvalue weighted by Crippen LogP contribution is -2.62. The van der Waals surface area contributed by atoms with Gasteiger partial charge in [0.2, 0.25) is 15.0 Å². The van der Waals surface area contributed by atoms with Crippen LogP contribution < -0.4 is 4.90 Å². The van der Waals surface area contributed by atoms with Gasteiger partial charge in [-0.25, -0.2) is 32.6 Å². The van der Waals surface area contributed by atoms with Gasteiger partial charge < -0.3 is 14.5 Å². The Morgan fingerprint density at radius 2 is 1.94 bits per heavy atom. The van der Waals surface area contributed by atoms with Crippen molar-refractivity contribution in [2.75, 3.05) is 30.3 Å². The summed E-state index contributed by atoms with van der Waals surface area (Å²) in [6, 6.07) is 0. The fraction of sp³-hybridized carbons (Fsp3) is 0.619. The molecule has 0 bridgehead atoms. The van der Waals surface area contributed by atoms with Gasteiger partial charge >= 0.3 is 6.09 Å². The number of rotatable bonds is 2. The van der Waals surface area contributed by atoms with Gasteiger partial charge in [0.05, 0.1) is 22.4 Å². The molecule has 4 heterocycles. The summed E-state index contributed by atoms with van der Waals surface area (Å²) in [6.45, 7) is 9.89. The number of nitrogens with zero attached hydrogens (tertiary/aromatic N) is 5. The van der Waals surface area contributed by atoms with E-state index in [9.17, 15) is 13.2 Å². The molecule has 12 heteroatoms. The van der Waals surface area contributed by atoms with Crippen LogP contribution in [-0.2, 0) is 21.0 Å². The molecule has 1 fully saturated rings. The van der Waals surface area contributed by atoms with Gasteiger partial charge in [0.15, 0.2) is 11.0 Å². The summed E-state index contributed by atoms with van der Waals surface area (Å²) < 4.78 is 45.8. The van der Waals surface area contributed by atoms with E-state index >= 15 is 4.39 Å². The Bertz CT molecular complexity index is 1250. The van der Waals surface area contributed by atoms with Crippen LogP contribution in [0.3, 0.4) is 0 Å². The highest BCUT2D eigenvalue weighted by Gasteiger charge is 2.44. The molecule has 0 saturated carbocycles. The van der Waals surface area contributed by atoms with Gasteiger partial charge in [0.1, 0.15) is 16.9 Å². The van der Waals surface area contributed by atoms with E-state index in [2.05, 4.69) is 15.0 Å². The van der Waals surface area contributed by atoms with Gasteiger partial charge in [-0.15, -0.1) is 0 Å². The summed E-state index contributed by atoms with van der Waals surface area (Å²) in [6.07, 6.45) is 0.573. The molecule has 2 aromatic rings. The van der Waals surface area contributed by atoms with Crippen LogP contribution in [0, 0.1) is 5.82 Å². The molecule has 2 aromatic heterocycles. The van der Waals surface area contributed by atoms with Crippen LogP contribution in [0.5, 0.6) is 0 Å². The number of amides is 1. The van der Waals surface area contributed by atoms with E-state index in [-0.39, 0.29) is 16.4 Å². The number of sulfone groups is 1. The Hall–Kier alpha value is -2.27. The van der Waals surface area contributed by atoms with Crippen molar-refractivity contribution in [3.05, 3.63) is 16.7 Å². The van der Waals surface area contributed by atoms with Crippen molar-refractivity contribution in [1.29, 1.82) is 0 Å². The van der Waals surface area contributed by atoms with Crippen LogP contribution in [0.1, 0.15) is 46.7 Å². The lowest BCUT2D eigenvalue weighted by atomic mass is 9.91. The second-order valence-electron chi connectivity index (χ2n) is 9.67. The number of piperazine rings is 1. The first-order chi connectivity index (χ1) is 15.3. The van der Waals surface area contributed by atoms with Crippen molar-refractivity contribution in [1.82, 2.24) is 19.9 Å². The molecule has 0 spiro atoms. The largest absolute Gasteiger partial charge is 0.444 e.